The molecule has 42 heavy (non-hydrogen) atoms. The van der Waals surface area contributed by atoms with Crippen molar-refractivity contribution >= 4 is 23.2 Å². The first-order valence-electron chi connectivity index (χ1n) is 15.7. The highest BCUT2D eigenvalue weighted by Crippen LogP contribution is 2.40. The molecule has 0 radical (unpaired) electrons. The van der Waals surface area contributed by atoms with Crippen LogP contribution in [0.2, 0.25) is 0 Å². The van der Waals surface area contributed by atoms with E-state index in [1.54, 1.807) is 13.0 Å². The first-order valence-corrected chi connectivity index (χ1v) is 14.2. The summed E-state index contributed by atoms with van der Waals surface area (Å²) in [7, 11) is 0. The number of carbonyl (C=O) groups excluding carboxylic acids is 2. The molecule has 1 aliphatic heterocycles. The number of piperidine rings is 1. The van der Waals surface area contributed by atoms with E-state index in [0.717, 1.165) is 43.5 Å². The molecule has 1 aliphatic carbocycles. The number of likely N-dealkylation sites (tertiary alicyclic amines) is 1. The quantitative estimate of drug-likeness (QED) is 0.288. The fourth-order valence-electron chi connectivity index (χ4n) is 6.13. The van der Waals surface area contributed by atoms with Crippen molar-refractivity contribution in [3.8, 4) is 0 Å². The highest BCUT2D eigenvalue weighted by molar-refractivity contribution is 5.98. The molecule has 2 fully saturated rings. The predicted octanol–water partition coefficient (Wildman–Crippen LogP) is 8.05. The summed E-state index contributed by atoms with van der Waals surface area (Å²) < 4.78 is 78.9. The van der Waals surface area contributed by atoms with Crippen LogP contribution in [0.15, 0.2) is 60.7 Å². The Kier molecular flexibility index (Phi) is 7.47. The molecule has 0 aromatic heterocycles. The summed E-state index contributed by atoms with van der Waals surface area (Å²) in [6.07, 6.45) is 0.210. The molecule has 2 amide bonds. The van der Waals surface area contributed by atoms with Gasteiger partial charge in [0, 0.05) is 28.1 Å². The molecule has 0 spiro atoms. The van der Waals surface area contributed by atoms with Crippen LogP contribution in [-0.4, -0.2) is 29.3 Å². The zero-order valence-corrected chi connectivity index (χ0v) is 23.2. The molecule has 1 saturated carbocycles. The summed E-state index contributed by atoms with van der Waals surface area (Å²) in [6, 6.07) is 13.8. The third-order valence-corrected chi connectivity index (χ3v) is 8.24. The van der Waals surface area contributed by atoms with Crippen LogP contribution in [0.3, 0.4) is 0 Å². The van der Waals surface area contributed by atoms with E-state index in [9.17, 15) is 27.2 Å². The Bertz CT molecular complexity index is 1530. The van der Waals surface area contributed by atoms with E-state index in [4.69, 9.17) is 4.11 Å². The molecule has 0 unspecified atom stereocenters. The maximum Gasteiger partial charge on any atom is 0.416 e. The van der Waals surface area contributed by atoms with E-state index in [-0.39, 0.29) is 17.8 Å². The molecule has 222 valence electrons. The van der Waals surface area contributed by atoms with E-state index in [0.29, 0.717) is 36.1 Å². The summed E-state index contributed by atoms with van der Waals surface area (Å²) in [6.45, 7) is -1.13. The Morgan fingerprint density at radius 1 is 0.929 bits per heavy atom. The molecule has 3 aromatic carbocycles. The number of alkyl halides is 3. The van der Waals surface area contributed by atoms with Gasteiger partial charge in [0.15, 0.2) is 0 Å². The lowest BCUT2D eigenvalue weighted by atomic mass is 9.83. The van der Waals surface area contributed by atoms with Gasteiger partial charge in [-0.15, -0.1) is 0 Å². The second-order valence-electron chi connectivity index (χ2n) is 11.1. The molecular formula is C33H35F4N3O2. The maximum absolute atomic E-state index is 15.0. The zero-order valence-electron chi connectivity index (χ0n) is 26.2. The van der Waals surface area contributed by atoms with E-state index >= 15 is 0 Å². The lowest BCUT2D eigenvalue weighted by molar-refractivity contribution is -0.138. The number of aryl methyl sites for hydroxylation is 2. The Labute approximate surface area is 247 Å². The largest absolute Gasteiger partial charge is 0.416 e. The van der Waals surface area contributed by atoms with Crippen LogP contribution in [0, 0.1) is 25.5 Å². The molecule has 5 nitrogen and oxygen atoms in total. The van der Waals surface area contributed by atoms with Crippen molar-refractivity contribution in [2.24, 2.45) is 5.92 Å². The molecular weight excluding hydrogens is 546 g/mol. The number of halogens is 4. The van der Waals surface area contributed by atoms with Gasteiger partial charge < -0.3 is 15.5 Å². The van der Waals surface area contributed by atoms with Crippen LogP contribution in [0.25, 0.3) is 0 Å². The average Bonchev–Trinajstić information content (AvgIpc) is 3.49. The summed E-state index contributed by atoms with van der Waals surface area (Å²) in [5, 5.41) is 6.04. The summed E-state index contributed by atoms with van der Waals surface area (Å²) in [4.78, 5) is 29.2. The number of carbonyl (C=O) groups is 2. The molecule has 0 bridgehead atoms. The molecule has 1 saturated heterocycles. The van der Waals surface area contributed by atoms with Crippen LogP contribution in [0.5, 0.6) is 0 Å². The van der Waals surface area contributed by atoms with Crippen LogP contribution in [-0.2, 0) is 11.0 Å². The Morgan fingerprint density at radius 3 is 2.31 bits per heavy atom. The van der Waals surface area contributed by atoms with Gasteiger partial charge in [-0.3, -0.25) is 9.59 Å². The van der Waals surface area contributed by atoms with Crippen LogP contribution in [0.1, 0.15) is 81.3 Å². The van der Waals surface area contributed by atoms with Gasteiger partial charge >= 0.3 is 6.18 Å². The first-order chi connectivity index (χ1) is 21.2. The number of hydrogen-bond donors (Lipinski definition) is 2. The topological polar surface area (TPSA) is 61.4 Å². The van der Waals surface area contributed by atoms with Crippen LogP contribution < -0.4 is 10.6 Å². The number of amides is 2. The maximum atomic E-state index is 15.0. The second kappa shape index (κ2) is 12.2. The molecule has 3 aromatic rings. The van der Waals surface area contributed by atoms with E-state index in [1.807, 2.05) is 24.3 Å². The molecule has 2 atom stereocenters. The normalized spacial score (nSPS) is 20.9. The van der Waals surface area contributed by atoms with E-state index in [2.05, 4.69) is 10.6 Å². The molecule has 2 aliphatic rings. The standard InChI is InChI=1S/C33H35F4N3O2/c1-20-12-15-25(19-27(20)33(35,36)37)39-31(41)26-10-6-18-40(32(42)29-21(2)7-5-11-28(29)34)30(26)22-13-16-24(17-14-22)38-23-8-3-4-9-23/h5,7,11-17,19,23,26,30,38H,3-4,6,8-10,18H2,1-2H3,(H,39,41)/t26-,30-/m0/s1/i1D3. The minimum atomic E-state index is -4.97. The van der Waals surface area contributed by atoms with Gasteiger partial charge in [-0.2, -0.15) is 13.2 Å². The lowest BCUT2D eigenvalue weighted by Gasteiger charge is -2.41. The molecule has 2 N–H and O–H groups in total. The van der Waals surface area contributed by atoms with Gasteiger partial charge in [0.25, 0.3) is 5.91 Å². The third kappa shape index (κ3) is 6.30. The SMILES string of the molecule is [2H]C([2H])([2H])c1ccc(NC(=O)[C@H]2CCCN(C(=O)c3c(C)cccc3F)[C@H]2c2ccc(NC3CCCC3)cc2)cc1C(F)(F)F. The second-order valence-corrected chi connectivity index (χ2v) is 11.1. The van der Waals surface area contributed by atoms with Crippen molar-refractivity contribution in [3.05, 3.63) is 94.3 Å². The summed E-state index contributed by atoms with van der Waals surface area (Å²) in [5.74, 6) is -2.79. The van der Waals surface area contributed by atoms with Crippen molar-refractivity contribution in [3.63, 3.8) is 0 Å². The number of rotatable bonds is 6. The van der Waals surface area contributed by atoms with Gasteiger partial charge in [0.2, 0.25) is 5.91 Å². The van der Waals surface area contributed by atoms with Gasteiger partial charge in [-0.05, 0) is 86.5 Å². The van der Waals surface area contributed by atoms with Crippen molar-refractivity contribution in [2.45, 2.75) is 70.6 Å². The van der Waals surface area contributed by atoms with Crippen LogP contribution >= 0.6 is 0 Å². The number of anilines is 2. The minimum Gasteiger partial charge on any atom is -0.382 e. The van der Waals surface area contributed by atoms with Gasteiger partial charge in [-0.25, -0.2) is 4.39 Å². The smallest absolute Gasteiger partial charge is 0.382 e. The zero-order chi connectivity index (χ0) is 32.5. The van der Waals surface area contributed by atoms with Crippen molar-refractivity contribution < 1.29 is 31.3 Å². The Morgan fingerprint density at radius 2 is 1.64 bits per heavy atom. The summed E-state index contributed by atoms with van der Waals surface area (Å²) >= 11 is 0. The van der Waals surface area contributed by atoms with Crippen molar-refractivity contribution in [2.75, 3.05) is 17.2 Å². The average molecular weight is 585 g/mol. The molecule has 1 heterocycles. The van der Waals surface area contributed by atoms with Gasteiger partial charge in [0.05, 0.1) is 23.1 Å². The highest BCUT2D eigenvalue weighted by atomic mass is 19.4. The first kappa shape index (κ1) is 25.8. The fraction of sp³-hybridized carbons (Fsp3) is 0.394. The third-order valence-electron chi connectivity index (χ3n) is 8.24. The molecule has 9 heteroatoms. The van der Waals surface area contributed by atoms with E-state index < -0.39 is 53.7 Å². The van der Waals surface area contributed by atoms with Crippen molar-refractivity contribution in [1.29, 1.82) is 0 Å². The Hall–Kier alpha value is -3.88. The lowest BCUT2D eigenvalue weighted by Crippen LogP contribution is -2.46. The van der Waals surface area contributed by atoms with Crippen molar-refractivity contribution in [1.82, 2.24) is 4.90 Å². The molecule has 5 rings (SSSR count). The monoisotopic (exact) mass is 584 g/mol. The number of benzene rings is 3. The van der Waals surface area contributed by atoms with Gasteiger partial charge in [0.1, 0.15) is 5.82 Å². The number of hydrogen-bond acceptors (Lipinski definition) is 3. The highest BCUT2D eigenvalue weighted by Gasteiger charge is 2.41. The van der Waals surface area contributed by atoms with E-state index in [1.165, 1.54) is 17.0 Å². The van der Waals surface area contributed by atoms with Crippen LogP contribution in [0.4, 0.5) is 28.9 Å². The number of nitrogens with zero attached hydrogens (tertiary/aromatic N) is 1. The number of nitrogens with one attached hydrogen (secondary N) is 2. The predicted molar refractivity (Wildman–Crippen MR) is 155 cm³/mol. The Balaban J connectivity index is 1.49. The minimum absolute atomic E-state index is 0.0989. The fourth-order valence-corrected chi connectivity index (χ4v) is 6.13. The summed E-state index contributed by atoms with van der Waals surface area (Å²) in [5.41, 5.74) is -0.594. The van der Waals surface area contributed by atoms with Gasteiger partial charge in [-0.1, -0.05) is 43.2 Å².